The van der Waals surface area contributed by atoms with Crippen LogP contribution in [-0.2, 0) is 6.54 Å². The summed E-state index contributed by atoms with van der Waals surface area (Å²) in [7, 11) is 0. The Balaban J connectivity index is 3.09. The SMILES string of the molecule is NCc1cc(O)ccc1O. The molecule has 0 radical (unpaired) electrons. The number of hydrogen-bond acceptors (Lipinski definition) is 3. The molecule has 0 atom stereocenters. The first-order valence-corrected chi connectivity index (χ1v) is 2.95. The summed E-state index contributed by atoms with van der Waals surface area (Å²) >= 11 is 0. The number of phenolic OH excluding ortho intramolecular Hbond substituents is 2. The molecule has 54 valence electrons. The van der Waals surface area contributed by atoms with Gasteiger partial charge in [0.2, 0.25) is 0 Å². The molecular weight excluding hydrogens is 130 g/mol. The van der Waals surface area contributed by atoms with E-state index in [0.29, 0.717) is 5.56 Å². The zero-order valence-corrected chi connectivity index (χ0v) is 5.41. The molecule has 0 fully saturated rings. The van der Waals surface area contributed by atoms with Crippen LogP contribution in [0.5, 0.6) is 11.5 Å². The van der Waals surface area contributed by atoms with Crippen LogP contribution >= 0.6 is 0 Å². The first-order chi connectivity index (χ1) is 4.74. The van der Waals surface area contributed by atoms with E-state index in [-0.39, 0.29) is 18.0 Å². The van der Waals surface area contributed by atoms with Crippen molar-refractivity contribution in [2.24, 2.45) is 5.73 Å². The Morgan fingerprint density at radius 3 is 2.50 bits per heavy atom. The summed E-state index contributed by atoms with van der Waals surface area (Å²) in [6.45, 7) is 0.236. The summed E-state index contributed by atoms with van der Waals surface area (Å²) in [4.78, 5) is 0. The largest absolute Gasteiger partial charge is 0.508 e. The molecule has 1 aromatic rings. The van der Waals surface area contributed by atoms with Crippen LogP contribution in [0.15, 0.2) is 18.2 Å². The highest BCUT2D eigenvalue weighted by Gasteiger charge is 1.97. The average Bonchev–Trinajstić information content (AvgIpc) is 1.94. The maximum absolute atomic E-state index is 9.04. The third-order valence-corrected chi connectivity index (χ3v) is 1.28. The summed E-state index contributed by atoms with van der Waals surface area (Å²) in [5.41, 5.74) is 5.80. The van der Waals surface area contributed by atoms with Gasteiger partial charge in [-0.2, -0.15) is 0 Å². The highest BCUT2D eigenvalue weighted by molar-refractivity contribution is 5.38. The molecule has 0 bridgehead atoms. The first-order valence-electron chi connectivity index (χ1n) is 2.95. The number of phenols is 2. The minimum Gasteiger partial charge on any atom is -0.508 e. The van der Waals surface area contributed by atoms with Gasteiger partial charge in [0, 0.05) is 12.1 Å². The molecule has 0 heterocycles. The van der Waals surface area contributed by atoms with E-state index in [0.717, 1.165) is 0 Å². The number of hydrogen-bond donors (Lipinski definition) is 3. The fourth-order valence-electron chi connectivity index (χ4n) is 0.735. The van der Waals surface area contributed by atoms with Crippen molar-refractivity contribution in [2.45, 2.75) is 6.54 Å². The molecule has 0 aromatic heterocycles. The molecule has 10 heavy (non-hydrogen) atoms. The van der Waals surface area contributed by atoms with Crippen LogP contribution in [0.3, 0.4) is 0 Å². The summed E-state index contributed by atoms with van der Waals surface area (Å²) in [5, 5.41) is 17.9. The lowest BCUT2D eigenvalue weighted by atomic mass is 10.2. The van der Waals surface area contributed by atoms with Gasteiger partial charge in [-0.1, -0.05) is 0 Å². The summed E-state index contributed by atoms with van der Waals surface area (Å²) < 4.78 is 0. The molecule has 4 N–H and O–H groups in total. The monoisotopic (exact) mass is 139 g/mol. The number of nitrogens with two attached hydrogens (primary N) is 1. The second kappa shape index (κ2) is 2.58. The summed E-state index contributed by atoms with van der Waals surface area (Å²) in [5.74, 6) is 0.249. The lowest BCUT2D eigenvalue weighted by molar-refractivity contribution is 0.454. The van der Waals surface area contributed by atoms with Gasteiger partial charge < -0.3 is 15.9 Å². The molecule has 0 spiro atoms. The van der Waals surface area contributed by atoms with E-state index < -0.39 is 0 Å². The maximum Gasteiger partial charge on any atom is 0.120 e. The van der Waals surface area contributed by atoms with Gasteiger partial charge >= 0.3 is 0 Å². The van der Waals surface area contributed by atoms with Gasteiger partial charge in [0.05, 0.1) is 0 Å². The van der Waals surface area contributed by atoms with Crippen molar-refractivity contribution in [2.75, 3.05) is 0 Å². The van der Waals surface area contributed by atoms with Gasteiger partial charge in [0.25, 0.3) is 0 Å². The number of benzene rings is 1. The van der Waals surface area contributed by atoms with Crippen molar-refractivity contribution in [1.29, 1.82) is 0 Å². The normalized spacial score (nSPS) is 9.70. The molecule has 0 aliphatic rings. The minimum atomic E-state index is 0.123. The Hall–Kier alpha value is -1.22. The smallest absolute Gasteiger partial charge is 0.120 e. The molecule has 0 saturated carbocycles. The quantitative estimate of drug-likeness (QED) is 0.498. The van der Waals surface area contributed by atoms with Crippen LogP contribution in [0.4, 0.5) is 0 Å². The van der Waals surface area contributed by atoms with Crippen molar-refractivity contribution in [3.63, 3.8) is 0 Å². The fourth-order valence-corrected chi connectivity index (χ4v) is 0.735. The Kier molecular flexibility index (Phi) is 1.78. The van der Waals surface area contributed by atoms with Gasteiger partial charge in [0.15, 0.2) is 0 Å². The molecule has 1 aromatic carbocycles. The van der Waals surface area contributed by atoms with Crippen molar-refractivity contribution < 1.29 is 10.2 Å². The van der Waals surface area contributed by atoms with Crippen molar-refractivity contribution in [3.8, 4) is 11.5 Å². The molecule has 0 unspecified atom stereocenters. The second-order valence-corrected chi connectivity index (χ2v) is 2.02. The number of rotatable bonds is 1. The van der Waals surface area contributed by atoms with Crippen LogP contribution in [0, 0.1) is 0 Å². The molecule has 0 saturated heterocycles. The molecule has 3 nitrogen and oxygen atoms in total. The van der Waals surface area contributed by atoms with E-state index in [1.807, 2.05) is 0 Å². The van der Waals surface area contributed by atoms with E-state index in [9.17, 15) is 0 Å². The molecule has 1 rings (SSSR count). The summed E-state index contributed by atoms with van der Waals surface area (Å²) in [6, 6.07) is 4.27. The van der Waals surface area contributed by atoms with Gasteiger partial charge in [-0.05, 0) is 18.2 Å². The van der Waals surface area contributed by atoms with Crippen molar-refractivity contribution >= 4 is 0 Å². The van der Waals surface area contributed by atoms with Crippen molar-refractivity contribution in [1.82, 2.24) is 0 Å². The highest BCUT2D eigenvalue weighted by Crippen LogP contribution is 2.20. The molecule has 3 heteroatoms. The van der Waals surface area contributed by atoms with E-state index in [2.05, 4.69) is 0 Å². The van der Waals surface area contributed by atoms with Crippen molar-refractivity contribution in [3.05, 3.63) is 23.8 Å². The Bertz CT molecular complexity index is 235. The Morgan fingerprint density at radius 2 is 2.00 bits per heavy atom. The van der Waals surface area contributed by atoms with Crippen LogP contribution in [0.1, 0.15) is 5.56 Å². The van der Waals surface area contributed by atoms with Crippen LogP contribution in [0.25, 0.3) is 0 Å². The van der Waals surface area contributed by atoms with Gasteiger partial charge in [-0.3, -0.25) is 0 Å². The molecular formula is C7H9NO2. The fraction of sp³-hybridized carbons (Fsp3) is 0.143. The van der Waals surface area contributed by atoms with Gasteiger partial charge in [-0.15, -0.1) is 0 Å². The number of aromatic hydroxyl groups is 2. The first kappa shape index (κ1) is 6.89. The van der Waals surface area contributed by atoms with E-state index >= 15 is 0 Å². The zero-order valence-electron chi connectivity index (χ0n) is 5.41. The van der Waals surface area contributed by atoms with Crippen LogP contribution in [-0.4, -0.2) is 10.2 Å². The Labute approximate surface area is 58.7 Å². The molecule has 0 aliphatic carbocycles. The lowest BCUT2D eigenvalue weighted by Crippen LogP contribution is -1.95. The molecule has 0 aliphatic heterocycles. The lowest BCUT2D eigenvalue weighted by Gasteiger charge is -2.00. The second-order valence-electron chi connectivity index (χ2n) is 2.02. The van der Waals surface area contributed by atoms with E-state index in [1.165, 1.54) is 18.2 Å². The van der Waals surface area contributed by atoms with Crippen LogP contribution in [0.2, 0.25) is 0 Å². The predicted octanol–water partition coefficient (Wildman–Crippen LogP) is 0.556. The van der Waals surface area contributed by atoms with E-state index in [1.54, 1.807) is 0 Å². The van der Waals surface area contributed by atoms with Gasteiger partial charge in [0.1, 0.15) is 11.5 Å². The third-order valence-electron chi connectivity index (χ3n) is 1.28. The Morgan fingerprint density at radius 1 is 1.30 bits per heavy atom. The summed E-state index contributed by atoms with van der Waals surface area (Å²) in [6.07, 6.45) is 0. The predicted molar refractivity (Wildman–Crippen MR) is 37.7 cm³/mol. The standard InChI is InChI=1S/C7H9NO2/c8-4-5-3-6(9)1-2-7(5)10/h1-3,9-10H,4,8H2. The van der Waals surface area contributed by atoms with Gasteiger partial charge in [-0.25, -0.2) is 0 Å². The molecule has 0 amide bonds. The van der Waals surface area contributed by atoms with Crippen LogP contribution < -0.4 is 5.73 Å². The third kappa shape index (κ3) is 1.19. The topological polar surface area (TPSA) is 66.5 Å². The average molecular weight is 139 g/mol. The zero-order chi connectivity index (χ0) is 7.56. The maximum atomic E-state index is 9.04. The van der Waals surface area contributed by atoms with E-state index in [4.69, 9.17) is 15.9 Å². The minimum absolute atomic E-state index is 0.123. The highest BCUT2D eigenvalue weighted by atomic mass is 16.3.